The first-order valence-electron chi connectivity index (χ1n) is 7.93. The van der Waals surface area contributed by atoms with Gasteiger partial charge >= 0.3 is 0 Å². The largest absolute Gasteiger partial charge is 0.378 e. The number of hydrogen-bond donors (Lipinski definition) is 0. The summed E-state index contributed by atoms with van der Waals surface area (Å²) in [5.74, 6) is 0.711. The van der Waals surface area contributed by atoms with Crippen LogP contribution in [0, 0.1) is 12.8 Å². The molecule has 21 heavy (non-hydrogen) atoms. The van der Waals surface area contributed by atoms with Crippen LogP contribution in [0.1, 0.15) is 42.7 Å². The summed E-state index contributed by atoms with van der Waals surface area (Å²) in [6, 6.07) is 12.9. The van der Waals surface area contributed by atoms with E-state index in [0.29, 0.717) is 12.0 Å². The molecule has 1 unspecified atom stereocenters. The fourth-order valence-corrected chi connectivity index (χ4v) is 4.01. The maximum absolute atomic E-state index is 6.78. The van der Waals surface area contributed by atoms with Crippen molar-refractivity contribution in [1.82, 2.24) is 0 Å². The second kappa shape index (κ2) is 6.37. The van der Waals surface area contributed by atoms with Gasteiger partial charge in [0.05, 0.1) is 11.5 Å². The molecule has 1 aliphatic carbocycles. The number of halogens is 1. The van der Waals surface area contributed by atoms with Crippen LogP contribution in [0.5, 0.6) is 0 Å². The first kappa shape index (κ1) is 14.9. The van der Waals surface area contributed by atoms with Gasteiger partial charge in [-0.15, -0.1) is 11.6 Å². The summed E-state index contributed by atoms with van der Waals surface area (Å²) < 4.78 is 5.65. The number of fused-ring (bicyclic) bond motifs is 1. The first-order valence-corrected chi connectivity index (χ1v) is 8.36. The van der Waals surface area contributed by atoms with Crippen molar-refractivity contribution < 1.29 is 4.74 Å². The van der Waals surface area contributed by atoms with Crippen molar-refractivity contribution >= 4 is 22.4 Å². The topological polar surface area (TPSA) is 9.23 Å². The maximum atomic E-state index is 6.78. The van der Waals surface area contributed by atoms with E-state index in [9.17, 15) is 0 Å². The van der Waals surface area contributed by atoms with Crippen molar-refractivity contribution in [2.45, 2.75) is 44.6 Å². The summed E-state index contributed by atoms with van der Waals surface area (Å²) in [6.07, 6.45) is 3.86. The minimum Gasteiger partial charge on any atom is -0.378 e. The van der Waals surface area contributed by atoms with Gasteiger partial charge in [0.25, 0.3) is 0 Å². The van der Waals surface area contributed by atoms with Crippen LogP contribution in [0.25, 0.3) is 10.8 Å². The number of rotatable bonds is 5. The first-order chi connectivity index (χ1) is 10.2. The maximum Gasteiger partial charge on any atom is 0.0596 e. The highest BCUT2D eigenvalue weighted by atomic mass is 35.5. The molecule has 2 aromatic rings. The highest BCUT2D eigenvalue weighted by Gasteiger charge is 2.31. The quantitative estimate of drug-likeness (QED) is 0.650. The fourth-order valence-electron chi connectivity index (χ4n) is 3.47. The summed E-state index contributed by atoms with van der Waals surface area (Å²) in [7, 11) is 0. The van der Waals surface area contributed by atoms with E-state index in [1.54, 1.807) is 0 Å². The van der Waals surface area contributed by atoms with Gasteiger partial charge in [-0.05, 0) is 60.9 Å². The standard InChI is InChI=1S/C19H23ClO/c1-3-21-16-10-14(11-16)12-18(20)19-13(2)8-9-15-6-4-5-7-17(15)19/h4-9,14,16,18H,3,10-12H2,1-2H3. The van der Waals surface area contributed by atoms with Gasteiger partial charge in [-0.2, -0.15) is 0 Å². The van der Waals surface area contributed by atoms with Crippen LogP contribution in [-0.4, -0.2) is 12.7 Å². The van der Waals surface area contributed by atoms with E-state index < -0.39 is 0 Å². The molecule has 0 saturated heterocycles. The monoisotopic (exact) mass is 302 g/mol. The molecule has 112 valence electrons. The third-order valence-electron chi connectivity index (χ3n) is 4.64. The van der Waals surface area contributed by atoms with Crippen LogP contribution in [-0.2, 0) is 4.74 Å². The summed E-state index contributed by atoms with van der Waals surface area (Å²) in [5.41, 5.74) is 2.61. The van der Waals surface area contributed by atoms with E-state index in [-0.39, 0.29) is 5.38 Å². The third kappa shape index (κ3) is 3.09. The molecule has 3 rings (SSSR count). The van der Waals surface area contributed by atoms with E-state index in [2.05, 4.69) is 50.2 Å². The molecule has 0 heterocycles. The fraction of sp³-hybridized carbons (Fsp3) is 0.474. The Morgan fingerprint density at radius 1 is 1.19 bits per heavy atom. The minimum atomic E-state index is 0.101. The number of aryl methyl sites for hydroxylation is 1. The van der Waals surface area contributed by atoms with Crippen molar-refractivity contribution in [3.8, 4) is 0 Å². The molecule has 1 atom stereocenters. The third-order valence-corrected chi connectivity index (χ3v) is 5.03. The van der Waals surface area contributed by atoms with E-state index in [1.165, 1.54) is 34.7 Å². The Morgan fingerprint density at radius 3 is 2.71 bits per heavy atom. The van der Waals surface area contributed by atoms with Crippen molar-refractivity contribution in [2.75, 3.05) is 6.61 Å². The van der Waals surface area contributed by atoms with Gasteiger partial charge in [-0.3, -0.25) is 0 Å². The predicted molar refractivity (Wildman–Crippen MR) is 90.0 cm³/mol. The molecule has 2 aromatic carbocycles. The van der Waals surface area contributed by atoms with E-state index in [4.69, 9.17) is 16.3 Å². The zero-order chi connectivity index (χ0) is 14.8. The lowest BCUT2D eigenvalue weighted by molar-refractivity contribution is -0.0267. The summed E-state index contributed by atoms with van der Waals surface area (Å²) >= 11 is 6.78. The van der Waals surface area contributed by atoms with Gasteiger partial charge in [-0.25, -0.2) is 0 Å². The lowest BCUT2D eigenvalue weighted by Gasteiger charge is -2.36. The zero-order valence-electron chi connectivity index (χ0n) is 12.8. The molecule has 1 fully saturated rings. The van der Waals surface area contributed by atoms with Gasteiger partial charge in [0.1, 0.15) is 0 Å². The molecule has 1 aliphatic rings. The van der Waals surface area contributed by atoms with Gasteiger partial charge in [0.2, 0.25) is 0 Å². The van der Waals surface area contributed by atoms with Crippen molar-refractivity contribution in [1.29, 1.82) is 0 Å². The Bertz CT molecular complexity index is 616. The van der Waals surface area contributed by atoms with E-state index >= 15 is 0 Å². The smallest absolute Gasteiger partial charge is 0.0596 e. The van der Waals surface area contributed by atoms with Crippen molar-refractivity contribution in [3.63, 3.8) is 0 Å². The number of hydrogen-bond acceptors (Lipinski definition) is 1. The highest BCUT2D eigenvalue weighted by Crippen LogP contribution is 2.42. The SMILES string of the molecule is CCOC1CC(CC(Cl)c2c(C)ccc3ccccc23)C1. The zero-order valence-corrected chi connectivity index (χ0v) is 13.6. The van der Waals surface area contributed by atoms with E-state index in [0.717, 1.165) is 13.0 Å². The average molecular weight is 303 g/mol. The number of benzene rings is 2. The molecule has 0 radical (unpaired) electrons. The minimum absolute atomic E-state index is 0.101. The Hall–Kier alpha value is -1.05. The molecule has 0 amide bonds. The molecular formula is C19H23ClO. The molecule has 1 nitrogen and oxygen atoms in total. The van der Waals surface area contributed by atoms with Crippen molar-refractivity contribution in [2.24, 2.45) is 5.92 Å². The Labute approximate surface area is 132 Å². The summed E-state index contributed by atoms with van der Waals surface area (Å²) in [6.45, 7) is 5.06. The molecule has 0 aromatic heterocycles. The lowest BCUT2D eigenvalue weighted by atomic mass is 9.78. The average Bonchev–Trinajstić information content (AvgIpc) is 2.44. The van der Waals surface area contributed by atoms with Crippen LogP contribution < -0.4 is 0 Å². The normalized spacial score (nSPS) is 23.0. The number of ether oxygens (including phenoxy) is 1. The molecule has 1 saturated carbocycles. The second-order valence-electron chi connectivity index (χ2n) is 6.14. The van der Waals surface area contributed by atoms with Crippen molar-refractivity contribution in [3.05, 3.63) is 47.5 Å². The van der Waals surface area contributed by atoms with Gasteiger partial charge in [0.15, 0.2) is 0 Å². The molecule has 0 spiro atoms. The molecule has 2 heteroatoms. The van der Waals surface area contributed by atoms with Gasteiger partial charge < -0.3 is 4.74 Å². The second-order valence-corrected chi connectivity index (χ2v) is 6.66. The van der Waals surface area contributed by atoms with Crippen LogP contribution in [0.15, 0.2) is 36.4 Å². The molecule has 0 N–H and O–H groups in total. The molecule has 0 bridgehead atoms. The lowest BCUT2D eigenvalue weighted by Crippen LogP contribution is -2.31. The van der Waals surface area contributed by atoms with E-state index in [1.807, 2.05) is 0 Å². The molecule has 0 aliphatic heterocycles. The van der Waals surface area contributed by atoms with Crippen LogP contribution in [0.3, 0.4) is 0 Å². The van der Waals surface area contributed by atoms with Gasteiger partial charge in [0, 0.05) is 6.61 Å². The summed E-state index contributed by atoms with van der Waals surface area (Å²) in [5, 5.41) is 2.69. The van der Waals surface area contributed by atoms with Crippen LogP contribution in [0.2, 0.25) is 0 Å². The Morgan fingerprint density at radius 2 is 1.95 bits per heavy atom. The highest BCUT2D eigenvalue weighted by molar-refractivity contribution is 6.22. The Kier molecular flexibility index (Phi) is 4.51. The predicted octanol–water partition coefficient (Wildman–Crippen LogP) is 5.63. The van der Waals surface area contributed by atoms with Crippen LogP contribution in [0.4, 0.5) is 0 Å². The molecular weight excluding hydrogens is 280 g/mol. The Balaban J connectivity index is 1.76. The summed E-state index contributed by atoms with van der Waals surface area (Å²) in [4.78, 5) is 0. The number of alkyl halides is 1. The van der Waals surface area contributed by atoms with Crippen LogP contribution >= 0.6 is 11.6 Å². The van der Waals surface area contributed by atoms with Gasteiger partial charge in [-0.1, -0.05) is 36.4 Å².